The van der Waals surface area contributed by atoms with Crippen LogP contribution in [0.2, 0.25) is 0 Å². The monoisotopic (exact) mass is 245 g/mol. The minimum Gasteiger partial charge on any atom is -0.464 e. The fourth-order valence-corrected chi connectivity index (χ4v) is 1.65. The third-order valence-electron chi connectivity index (χ3n) is 2.63. The number of rotatable bonds is 3. The van der Waals surface area contributed by atoms with E-state index in [1.54, 1.807) is 10.9 Å². The molecule has 0 amide bonds. The highest BCUT2D eigenvalue weighted by Crippen LogP contribution is 2.12. The normalized spacial score (nSPS) is 10.3. The second kappa shape index (κ2) is 4.91. The Bertz CT molecular complexity index is 558. The smallest absolute Gasteiger partial charge is 0.360 e. The highest BCUT2D eigenvalue weighted by Gasteiger charge is 2.14. The zero-order valence-electron chi connectivity index (χ0n) is 10.4. The van der Waals surface area contributed by atoms with Crippen molar-refractivity contribution in [2.45, 2.75) is 13.5 Å². The average Bonchev–Trinajstić information content (AvgIpc) is 2.72. The fourth-order valence-electron chi connectivity index (χ4n) is 1.65. The summed E-state index contributed by atoms with van der Waals surface area (Å²) in [7, 11) is 1.31. The Morgan fingerprint density at radius 2 is 2.06 bits per heavy atom. The maximum Gasteiger partial charge on any atom is 0.360 e. The average molecular weight is 245 g/mol. The minimum atomic E-state index is -0.518. The van der Waals surface area contributed by atoms with Crippen LogP contribution in [0.1, 0.15) is 21.6 Å². The Hall–Kier alpha value is -2.30. The summed E-state index contributed by atoms with van der Waals surface area (Å²) in [6.45, 7) is 2.60. The summed E-state index contributed by atoms with van der Waals surface area (Å²) < 4.78 is 6.23. The van der Waals surface area contributed by atoms with Crippen LogP contribution >= 0.6 is 0 Å². The van der Waals surface area contributed by atoms with Crippen molar-refractivity contribution in [1.29, 1.82) is 0 Å². The lowest BCUT2D eigenvalue weighted by molar-refractivity contribution is 0.0594. The van der Waals surface area contributed by atoms with Crippen LogP contribution < -0.4 is 5.73 Å². The summed E-state index contributed by atoms with van der Waals surface area (Å²) in [5.41, 5.74) is 8.50. The number of aromatic nitrogens is 2. The number of hydrogen-bond donors (Lipinski definition) is 1. The van der Waals surface area contributed by atoms with Gasteiger partial charge in [0.05, 0.1) is 19.3 Å². The third-order valence-corrected chi connectivity index (χ3v) is 2.63. The number of nitrogen functional groups attached to an aromatic ring is 1. The Balaban J connectivity index is 2.20. The molecule has 0 fully saturated rings. The molecule has 0 bridgehead atoms. The summed E-state index contributed by atoms with van der Waals surface area (Å²) >= 11 is 0. The van der Waals surface area contributed by atoms with E-state index >= 15 is 0 Å². The van der Waals surface area contributed by atoms with E-state index in [1.165, 1.54) is 12.7 Å². The molecule has 2 aromatic rings. The molecule has 0 saturated heterocycles. The molecular weight excluding hydrogens is 230 g/mol. The predicted octanol–water partition coefficient (Wildman–Crippen LogP) is 1.61. The summed E-state index contributed by atoms with van der Waals surface area (Å²) in [5, 5.41) is 4.12. The molecule has 18 heavy (non-hydrogen) atoms. The van der Waals surface area contributed by atoms with Crippen LogP contribution in [0, 0.1) is 6.92 Å². The molecule has 94 valence electrons. The summed E-state index contributed by atoms with van der Waals surface area (Å²) in [6, 6.07) is 8.10. The highest BCUT2D eigenvalue weighted by atomic mass is 16.5. The second-order valence-corrected chi connectivity index (χ2v) is 4.11. The lowest BCUT2D eigenvalue weighted by Crippen LogP contribution is -2.07. The van der Waals surface area contributed by atoms with Gasteiger partial charge in [-0.05, 0) is 12.5 Å². The van der Waals surface area contributed by atoms with Gasteiger partial charge in [-0.3, -0.25) is 4.68 Å². The van der Waals surface area contributed by atoms with Gasteiger partial charge in [-0.2, -0.15) is 5.10 Å². The molecule has 1 heterocycles. The number of nitrogens with zero attached hydrogens (tertiary/aromatic N) is 2. The van der Waals surface area contributed by atoms with Crippen LogP contribution in [0.3, 0.4) is 0 Å². The number of esters is 1. The Labute approximate surface area is 105 Å². The van der Waals surface area contributed by atoms with Crippen LogP contribution in [0.4, 0.5) is 5.69 Å². The third kappa shape index (κ3) is 2.51. The van der Waals surface area contributed by atoms with Crippen LogP contribution in [0.15, 0.2) is 30.5 Å². The molecule has 0 aliphatic carbocycles. The van der Waals surface area contributed by atoms with Crippen LogP contribution in [0.25, 0.3) is 0 Å². The van der Waals surface area contributed by atoms with Crippen LogP contribution in [-0.4, -0.2) is 22.9 Å². The molecule has 0 unspecified atom stereocenters. The maximum atomic E-state index is 11.4. The predicted molar refractivity (Wildman–Crippen MR) is 68.3 cm³/mol. The first-order valence-electron chi connectivity index (χ1n) is 5.57. The number of aryl methyl sites for hydroxylation is 1. The van der Waals surface area contributed by atoms with E-state index in [1.807, 2.05) is 31.2 Å². The molecule has 0 atom stereocenters. The molecule has 1 aromatic heterocycles. The van der Waals surface area contributed by atoms with Crippen molar-refractivity contribution in [3.05, 3.63) is 47.3 Å². The van der Waals surface area contributed by atoms with E-state index < -0.39 is 5.97 Å². The first-order chi connectivity index (χ1) is 8.60. The first kappa shape index (κ1) is 12.2. The summed E-state index contributed by atoms with van der Waals surface area (Å²) in [4.78, 5) is 11.4. The summed E-state index contributed by atoms with van der Waals surface area (Å²) in [5.74, 6) is -0.518. The Morgan fingerprint density at radius 3 is 2.67 bits per heavy atom. The molecule has 0 spiro atoms. The van der Waals surface area contributed by atoms with Crippen molar-refractivity contribution >= 4 is 11.7 Å². The highest BCUT2D eigenvalue weighted by molar-refractivity contribution is 5.92. The van der Waals surface area contributed by atoms with Crippen LogP contribution in [-0.2, 0) is 11.3 Å². The van der Waals surface area contributed by atoms with Gasteiger partial charge in [0.2, 0.25) is 0 Å². The number of ether oxygens (including phenoxy) is 1. The lowest BCUT2D eigenvalue weighted by Gasteiger charge is -2.02. The molecule has 2 rings (SSSR count). The van der Waals surface area contributed by atoms with Gasteiger partial charge in [0.25, 0.3) is 0 Å². The zero-order chi connectivity index (χ0) is 13.1. The van der Waals surface area contributed by atoms with E-state index in [-0.39, 0.29) is 5.69 Å². The molecule has 5 heteroatoms. The maximum absolute atomic E-state index is 11.4. The van der Waals surface area contributed by atoms with Gasteiger partial charge in [-0.15, -0.1) is 0 Å². The van der Waals surface area contributed by atoms with E-state index in [2.05, 4.69) is 9.84 Å². The molecule has 5 nitrogen and oxygen atoms in total. The molecule has 2 N–H and O–H groups in total. The topological polar surface area (TPSA) is 70.1 Å². The fraction of sp³-hybridized carbons (Fsp3) is 0.231. The van der Waals surface area contributed by atoms with Crippen molar-refractivity contribution in [3.63, 3.8) is 0 Å². The van der Waals surface area contributed by atoms with Gasteiger partial charge < -0.3 is 10.5 Å². The molecule has 0 aliphatic rings. The van der Waals surface area contributed by atoms with Gasteiger partial charge in [0.15, 0.2) is 5.69 Å². The van der Waals surface area contributed by atoms with Crippen molar-refractivity contribution < 1.29 is 9.53 Å². The van der Waals surface area contributed by atoms with Gasteiger partial charge in [-0.25, -0.2) is 4.79 Å². The largest absolute Gasteiger partial charge is 0.464 e. The summed E-state index contributed by atoms with van der Waals surface area (Å²) in [6.07, 6.45) is 1.63. The molecule has 1 aromatic carbocycles. The van der Waals surface area contributed by atoms with E-state index in [4.69, 9.17) is 5.73 Å². The number of hydrogen-bond acceptors (Lipinski definition) is 4. The van der Waals surface area contributed by atoms with Crippen molar-refractivity contribution in [2.24, 2.45) is 0 Å². The standard InChI is InChI=1S/C13H15N3O2/c1-9-3-5-10(6-4-9)7-16-8-11(14)12(15-16)13(17)18-2/h3-6,8H,7,14H2,1-2H3. The number of benzene rings is 1. The Morgan fingerprint density at radius 1 is 1.39 bits per heavy atom. The molecule has 0 aliphatic heterocycles. The Kier molecular flexibility index (Phi) is 3.32. The van der Waals surface area contributed by atoms with E-state index in [0.717, 1.165) is 5.56 Å². The van der Waals surface area contributed by atoms with Gasteiger partial charge in [0, 0.05) is 6.20 Å². The number of carbonyl (C=O) groups excluding carboxylic acids is 1. The molecular formula is C13H15N3O2. The quantitative estimate of drug-likeness (QED) is 0.834. The lowest BCUT2D eigenvalue weighted by atomic mass is 10.1. The van der Waals surface area contributed by atoms with E-state index in [9.17, 15) is 4.79 Å². The number of nitrogens with two attached hydrogens (primary N) is 1. The van der Waals surface area contributed by atoms with Crippen molar-refractivity contribution in [3.8, 4) is 0 Å². The molecule has 0 saturated carbocycles. The number of carbonyl (C=O) groups is 1. The number of methoxy groups -OCH3 is 1. The van der Waals surface area contributed by atoms with E-state index in [0.29, 0.717) is 12.2 Å². The zero-order valence-corrected chi connectivity index (χ0v) is 10.4. The second-order valence-electron chi connectivity index (χ2n) is 4.11. The number of anilines is 1. The van der Waals surface area contributed by atoms with Crippen LogP contribution in [0.5, 0.6) is 0 Å². The van der Waals surface area contributed by atoms with Gasteiger partial charge in [0.1, 0.15) is 0 Å². The van der Waals surface area contributed by atoms with Gasteiger partial charge >= 0.3 is 5.97 Å². The first-order valence-corrected chi connectivity index (χ1v) is 5.57. The van der Waals surface area contributed by atoms with Crippen molar-refractivity contribution in [1.82, 2.24) is 9.78 Å². The van der Waals surface area contributed by atoms with Crippen molar-refractivity contribution in [2.75, 3.05) is 12.8 Å². The SMILES string of the molecule is COC(=O)c1nn(Cc2ccc(C)cc2)cc1N. The molecule has 0 radical (unpaired) electrons. The van der Waals surface area contributed by atoms with Gasteiger partial charge in [-0.1, -0.05) is 29.8 Å². The minimum absolute atomic E-state index is 0.157.